The molecule has 0 radical (unpaired) electrons. The Labute approximate surface area is 124 Å². The van der Waals surface area contributed by atoms with Crippen LogP contribution in [0, 0.1) is 0 Å². The van der Waals surface area contributed by atoms with Crippen LogP contribution in [0.15, 0.2) is 4.52 Å². The predicted octanol–water partition coefficient (Wildman–Crippen LogP) is 2.53. The van der Waals surface area contributed by atoms with Gasteiger partial charge in [0, 0.05) is 23.6 Å². The van der Waals surface area contributed by atoms with Gasteiger partial charge in [0.2, 0.25) is 5.89 Å². The molecule has 1 aliphatic rings. The molecule has 120 valence electrons. The Morgan fingerprint density at radius 1 is 1.32 bits per heavy atom. The SMILES string of the molecule is CC(C)c1noc(Cn2nc(C(F)(F)F)c3c2CCOC3)n1. The van der Waals surface area contributed by atoms with Crippen molar-refractivity contribution in [1.82, 2.24) is 19.9 Å². The van der Waals surface area contributed by atoms with Gasteiger partial charge in [0.25, 0.3) is 0 Å². The summed E-state index contributed by atoms with van der Waals surface area (Å²) in [5, 5.41) is 7.50. The van der Waals surface area contributed by atoms with Gasteiger partial charge in [-0.05, 0) is 0 Å². The molecule has 1 aliphatic heterocycles. The van der Waals surface area contributed by atoms with Gasteiger partial charge < -0.3 is 9.26 Å². The van der Waals surface area contributed by atoms with Crippen molar-refractivity contribution < 1.29 is 22.4 Å². The highest BCUT2D eigenvalue weighted by molar-refractivity contribution is 5.29. The molecule has 2 aromatic heterocycles. The molecule has 0 spiro atoms. The van der Waals surface area contributed by atoms with Crippen LogP contribution < -0.4 is 0 Å². The van der Waals surface area contributed by atoms with E-state index >= 15 is 0 Å². The molecule has 9 heteroatoms. The topological polar surface area (TPSA) is 66.0 Å². The monoisotopic (exact) mass is 316 g/mol. The minimum Gasteiger partial charge on any atom is -0.376 e. The van der Waals surface area contributed by atoms with E-state index in [2.05, 4.69) is 15.2 Å². The zero-order valence-electron chi connectivity index (χ0n) is 12.1. The third-order valence-electron chi connectivity index (χ3n) is 3.45. The van der Waals surface area contributed by atoms with Crippen molar-refractivity contribution in [3.63, 3.8) is 0 Å². The van der Waals surface area contributed by atoms with Crippen LogP contribution in [0.4, 0.5) is 13.2 Å². The summed E-state index contributed by atoms with van der Waals surface area (Å²) in [6.45, 7) is 4.13. The van der Waals surface area contributed by atoms with Crippen molar-refractivity contribution in [2.75, 3.05) is 6.61 Å². The third-order valence-corrected chi connectivity index (χ3v) is 3.45. The molecule has 0 unspecified atom stereocenters. The Morgan fingerprint density at radius 3 is 2.73 bits per heavy atom. The second kappa shape index (κ2) is 5.38. The standard InChI is InChI=1S/C13H15F3N4O2/c1-7(2)12-17-10(22-19-12)5-20-9-3-4-21-6-8(9)11(18-20)13(14,15)16/h7H,3-6H2,1-2H3. The minimum absolute atomic E-state index is 0.0259. The van der Waals surface area contributed by atoms with E-state index in [1.54, 1.807) is 0 Å². The van der Waals surface area contributed by atoms with Crippen molar-refractivity contribution in [2.45, 2.75) is 45.5 Å². The fourth-order valence-electron chi connectivity index (χ4n) is 2.36. The summed E-state index contributed by atoms with van der Waals surface area (Å²) in [6.07, 6.45) is -4.13. The Bertz CT molecular complexity index is 675. The van der Waals surface area contributed by atoms with E-state index in [0.717, 1.165) is 0 Å². The Morgan fingerprint density at radius 2 is 2.09 bits per heavy atom. The minimum atomic E-state index is -4.51. The largest absolute Gasteiger partial charge is 0.435 e. The average Bonchev–Trinajstić information content (AvgIpc) is 3.04. The number of nitrogens with zero attached hydrogens (tertiary/aromatic N) is 4. The highest BCUT2D eigenvalue weighted by Crippen LogP contribution is 2.34. The summed E-state index contributed by atoms with van der Waals surface area (Å²) >= 11 is 0. The van der Waals surface area contributed by atoms with Crippen LogP contribution in [-0.4, -0.2) is 26.5 Å². The van der Waals surface area contributed by atoms with Gasteiger partial charge >= 0.3 is 6.18 Å². The molecule has 6 nitrogen and oxygen atoms in total. The van der Waals surface area contributed by atoms with Crippen LogP contribution in [0.1, 0.15) is 48.4 Å². The van der Waals surface area contributed by atoms with E-state index in [9.17, 15) is 13.2 Å². The molecule has 0 bridgehead atoms. The van der Waals surface area contributed by atoms with E-state index in [0.29, 0.717) is 24.5 Å². The molecule has 0 fully saturated rings. The van der Waals surface area contributed by atoms with E-state index < -0.39 is 11.9 Å². The van der Waals surface area contributed by atoms with Gasteiger partial charge in [0.1, 0.15) is 6.54 Å². The average molecular weight is 316 g/mol. The molecule has 2 aromatic rings. The molecular formula is C13H15F3N4O2. The Hall–Kier alpha value is -1.90. The Kier molecular flexibility index (Phi) is 3.67. The second-order valence-electron chi connectivity index (χ2n) is 5.43. The summed E-state index contributed by atoms with van der Waals surface area (Å²) in [4.78, 5) is 4.17. The van der Waals surface area contributed by atoms with E-state index in [4.69, 9.17) is 9.26 Å². The van der Waals surface area contributed by atoms with Crippen molar-refractivity contribution in [2.24, 2.45) is 0 Å². The number of hydrogen-bond acceptors (Lipinski definition) is 5. The summed E-state index contributed by atoms with van der Waals surface area (Å²) in [7, 11) is 0. The van der Waals surface area contributed by atoms with Crippen LogP contribution in [0.2, 0.25) is 0 Å². The molecule has 0 aliphatic carbocycles. The molecule has 0 aromatic carbocycles. The number of alkyl halides is 3. The van der Waals surface area contributed by atoms with Gasteiger partial charge in [0.15, 0.2) is 11.5 Å². The number of ether oxygens (including phenoxy) is 1. The van der Waals surface area contributed by atoms with Gasteiger partial charge in [-0.1, -0.05) is 19.0 Å². The highest BCUT2D eigenvalue weighted by Gasteiger charge is 2.40. The molecule has 0 saturated heterocycles. The van der Waals surface area contributed by atoms with Crippen LogP contribution in [-0.2, 0) is 30.5 Å². The lowest BCUT2D eigenvalue weighted by atomic mass is 10.1. The van der Waals surface area contributed by atoms with Gasteiger partial charge in [0.05, 0.1) is 13.2 Å². The lowest BCUT2D eigenvalue weighted by Gasteiger charge is -2.14. The first-order chi connectivity index (χ1) is 10.4. The zero-order chi connectivity index (χ0) is 15.9. The van der Waals surface area contributed by atoms with Crippen molar-refractivity contribution in [3.8, 4) is 0 Å². The maximum atomic E-state index is 13.1. The summed E-state index contributed by atoms with van der Waals surface area (Å²) in [5.74, 6) is 0.854. The summed E-state index contributed by atoms with van der Waals surface area (Å²) < 4.78 is 50.7. The maximum absolute atomic E-state index is 13.1. The molecule has 3 rings (SSSR count). The predicted molar refractivity (Wildman–Crippen MR) is 68.1 cm³/mol. The summed E-state index contributed by atoms with van der Waals surface area (Å²) in [6, 6.07) is 0. The normalized spacial score (nSPS) is 15.4. The van der Waals surface area contributed by atoms with Gasteiger partial charge in [-0.2, -0.15) is 23.3 Å². The molecule has 0 saturated carbocycles. The van der Waals surface area contributed by atoms with Gasteiger partial charge in [-0.25, -0.2) is 0 Å². The fourth-order valence-corrected chi connectivity index (χ4v) is 2.36. The van der Waals surface area contributed by atoms with Gasteiger partial charge in [-0.3, -0.25) is 4.68 Å². The molecule has 0 N–H and O–H groups in total. The van der Waals surface area contributed by atoms with Crippen LogP contribution in [0.25, 0.3) is 0 Å². The third kappa shape index (κ3) is 2.72. The van der Waals surface area contributed by atoms with Gasteiger partial charge in [-0.15, -0.1) is 0 Å². The first-order valence-electron chi connectivity index (χ1n) is 6.92. The molecule has 3 heterocycles. The van der Waals surface area contributed by atoms with Crippen molar-refractivity contribution >= 4 is 0 Å². The number of halogens is 3. The van der Waals surface area contributed by atoms with Crippen LogP contribution in [0.3, 0.4) is 0 Å². The van der Waals surface area contributed by atoms with Crippen LogP contribution in [0.5, 0.6) is 0 Å². The molecule has 22 heavy (non-hydrogen) atoms. The van der Waals surface area contributed by atoms with Crippen LogP contribution >= 0.6 is 0 Å². The van der Waals surface area contributed by atoms with E-state index in [1.807, 2.05) is 13.8 Å². The second-order valence-corrected chi connectivity index (χ2v) is 5.43. The number of rotatable bonds is 3. The van der Waals surface area contributed by atoms with E-state index in [-0.39, 0.29) is 30.5 Å². The Balaban J connectivity index is 1.94. The molecular weight excluding hydrogens is 301 g/mol. The quantitative estimate of drug-likeness (QED) is 0.870. The number of aromatic nitrogens is 4. The lowest BCUT2D eigenvalue weighted by Crippen LogP contribution is -2.15. The fraction of sp³-hybridized carbons (Fsp3) is 0.615. The number of hydrogen-bond donors (Lipinski definition) is 0. The van der Waals surface area contributed by atoms with E-state index in [1.165, 1.54) is 4.68 Å². The first kappa shape index (κ1) is 15.0. The van der Waals surface area contributed by atoms with Crippen molar-refractivity contribution in [3.05, 3.63) is 28.7 Å². The summed E-state index contributed by atoms with van der Waals surface area (Å²) in [5.41, 5.74) is -0.281. The lowest BCUT2D eigenvalue weighted by molar-refractivity contribution is -0.142. The first-order valence-corrected chi connectivity index (χ1v) is 6.92. The maximum Gasteiger partial charge on any atom is 0.435 e. The van der Waals surface area contributed by atoms with Crippen molar-refractivity contribution in [1.29, 1.82) is 0 Å². The smallest absolute Gasteiger partial charge is 0.376 e. The molecule has 0 atom stereocenters. The number of fused-ring (bicyclic) bond motifs is 1. The molecule has 0 amide bonds. The highest BCUT2D eigenvalue weighted by atomic mass is 19.4. The zero-order valence-corrected chi connectivity index (χ0v) is 12.1.